The molecule has 0 unspecified atom stereocenters. The summed E-state index contributed by atoms with van der Waals surface area (Å²) in [5.74, 6) is 0.902. The van der Waals surface area contributed by atoms with Crippen LogP contribution in [0.25, 0.3) is 0 Å². The van der Waals surface area contributed by atoms with Crippen LogP contribution in [0.5, 0.6) is 0 Å². The quantitative estimate of drug-likeness (QED) is 0.728. The van der Waals surface area contributed by atoms with E-state index in [4.69, 9.17) is 0 Å². The average Bonchev–Trinajstić information content (AvgIpc) is 2.69. The van der Waals surface area contributed by atoms with E-state index in [1.165, 1.54) is 0 Å². The molecule has 1 amide bonds. The van der Waals surface area contributed by atoms with E-state index in [0.29, 0.717) is 36.4 Å². The Morgan fingerprint density at radius 2 is 1.65 bits per heavy atom. The third-order valence-corrected chi connectivity index (χ3v) is 7.89. The zero-order valence-corrected chi connectivity index (χ0v) is 16.4. The first-order valence-corrected chi connectivity index (χ1v) is 11.4. The molecule has 2 aromatic rings. The number of amides is 1. The van der Waals surface area contributed by atoms with E-state index in [9.17, 15) is 13.2 Å². The first-order valence-electron chi connectivity index (χ1n) is 8.84. The van der Waals surface area contributed by atoms with Gasteiger partial charge < -0.3 is 4.90 Å². The van der Waals surface area contributed by atoms with Gasteiger partial charge in [-0.15, -0.1) is 11.8 Å². The number of nitrogens with zero attached hydrogens (tertiary/aromatic N) is 1. The van der Waals surface area contributed by atoms with Crippen LogP contribution in [0.1, 0.15) is 30.1 Å². The number of rotatable bonds is 5. The van der Waals surface area contributed by atoms with Crippen molar-refractivity contribution in [3.8, 4) is 0 Å². The lowest BCUT2D eigenvalue weighted by molar-refractivity contribution is 0.0722. The van der Waals surface area contributed by atoms with Crippen molar-refractivity contribution >= 4 is 27.5 Å². The molecule has 0 N–H and O–H groups in total. The summed E-state index contributed by atoms with van der Waals surface area (Å²) in [4.78, 5) is 16.0. The molecule has 3 rings (SSSR count). The number of likely N-dealkylation sites (tertiary alicyclic amines) is 1. The van der Waals surface area contributed by atoms with E-state index in [1.807, 2.05) is 30.3 Å². The fourth-order valence-electron chi connectivity index (χ4n) is 3.27. The van der Waals surface area contributed by atoms with Crippen molar-refractivity contribution in [1.29, 1.82) is 0 Å². The van der Waals surface area contributed by atoms with Crippen LogP contribution in [0, 0.1) is 0 Å². The predicted octanol–water partition coefficient (Wildman–Crippen LogP) is 3.88. The van der Waals surface area contributed by atoms with Crippen LogP contribution < -0.4 is 0 Å². The van der Waals surface area contributed by atoms with Gasteiger partial charge in [-0.1, -0.05) is 37.3 Å². The highest BCUT2D eigenvalue weighted by atomic mass is 32.2. The molecule has 0 aromatic heterocycles. The first-order chi connectivity index (χ1) is 12.5. The second-order valence-electron chi connectivity index (χ2n) is 6.28. The van der Waals surface area contributed by atoms with Crippen molar-refractivity contribution < 1.29 is 13.2 Å². The summed E-state index contributed by atoms with van der Waals surface area (Å²) in [7, 11) is -3.33. The lowest BCUT2D eigenvalue weighted by Crippen LogP contribution is -2.42. The minimum atomic E-state index is -3.33. The van der Waals surface area contributed by atoms with Gasteiger partial charge in [0.15, 0.2) is 9.84 Å². The molecule has 2 aromatic carbocycles. The molecule has 1 fully saturated rings. The van der Waals surface area contributed by atoms with E-state index in [1.54, 1.807) is 40.9 Å². The van der Waals surface area contributed by atoms with Crippen LogP contribution in [0.15, 0.2) is 64.4 Å². The average molecular weight is 390 g/mol. The predicted molar refractivity (Wildman–Crippen MR) is 105 cm³/mol. The van der Waals surface area contributed by atoms with Gasteiger partial charge in [-0.2, -0.15) is 0 Å². The fraction of sp³-hybridized carbons (Fsp3) is 0.350. The maximum atomic E-state index is 12.9. The number of thioether (sulfide) groups is 1. The Kier molecular flexibility index (Phi) is 6.04. The zero-order valence-electron chi connectivity index (χ0n) is 14.8. The molecule has 0 atom stereocenters. The van der Waals surface area contributed by atoms with Gasteiger partial charge in [0.25, 0.3) is 5.91 Å². The summed E-state index contributed by atoms with van der Waals surface area (Å²) >= 11 is 1.65. The highest BCUT2D eigenvalue weighted by Gasteiger charge is 2.33. The second-order valence-corrected chi connectivity index (χ2v) is 9.81. The standard InChI is InChI=1S/C20H23NO3S2/c1-2-25-19-11-7-6-10-18(19)20(22)21-14-12-17(13-15-21)26(23,24)16-8-4-3-5-9-16/h3-11,17H,2,12-15H2,1H3. The Morgan fingerprint density at radius 1 is 1.04 bits per heavy atom. The van der Waals surface area contributed by atoms with Gasteiger partial charge in [-0.05, 0) is 42.9 Å². The number of hydrogen-bond acceptors (Lipinski definition) is 4. The largest absolute Gasteiger partial charge is 0.339 e. The summed E-state index contributed by atoms with van der Waals surface area (Å²) in [6, 6.07) is 16.2. The summed E-state index contributed by atoms with van der Waals surface area (Å²) in [5.41, 5.74) is 0.712. The van der Waals surface area contributed by atoms with Crippen molar-refractivity contribution in [3.63, 3.8) is 0 Å². The number of benzene rings is 2. The maximum Gasteiger partial charge on any atom is 0.254 e. The Hall–Kier alpha value is -1.79. The lowest BCUT2D eigenvalue weighted by atomic mass is 10.1. The number of sulfone groups is 1. The molecule has 4 nitrogen and oxygen atoms in total. The third-order valence-electron chi connectivity index (χ3n) is 4.66. The first kappa shape index (κ1) is 19.0. The van der Waals surface area contributed by atoms with Gasteiger partial charge in [0.2, 0.25) is 0 Å². The number of hydrogen-bond donors (Lipinski definition) is 0. The molecule has 0 radical (unpaired) electrons. The molecule has 138 valence electrons. The van der Waals surface area contributed by atoms with Crippen molar-refractivity contribution in [3.05, 3.63) is 60.2 Å². The Balaban J connectivity index is 1.70. The van der Waals surface area contributed by atoms with Gasteiger partial charge in [0.05, 0.1) is 15.7 Å². The molecule has 1 saturated heterocycles. The molecule has 0 spiro atoms. The van der Waals surface area contributed by atoms with Gasteiger partial charge >= 0.3 is 0 Å². The summed E-state index contributed by atoms with van der Waals surface area (Å²) in [5, 5.41) is -0.422. The van der Waals surface area contributed by atoms with E-state index in [2.05, 4.69) is 6.92 Å². The van der Waals surface area contributed by atoms with E-state index >= 15 is 0 Å². The molecule has 26 heavy (non-hydrogen) atoms. The van der Waals surface area contributed by atoms with Crippen molar-refractivity contribution in [2.24, 2.45) is 0 Å². The normalized spacial score (nSPS) is 15.8. The molecule has 0 aliphatic carbocycles. The molecule has 0 saturated carbocycles. The molecule has 1 aliphatic heterocycles. The monoisotopic (exact) mass is 389 g/mol. The Bertz CT molecular complexity index is 858. The summed E-state index contributed by atoms with van der Waals surface area (Å²) in [6.07, 6.45) is 0.956. The molecule has 6 heteroatoms. The SMILES string of the molecule is CCSc1ccccc1C(=O)N1CCC(S(=O)(=O)c2ccccc2)CC1. The topological polar surface area (TPSA) is 54.5 Å². The smallest absolute Gasteiger partial charge is 0.254 e. The fourth-order valence-corrected chi connectivity index (χ4v) is 5.82. The summed E-state index contributed by atoms with van der Waals surface area (Å²) in [6.45, 7) is 3.01. The van der Waals surface area contributed by atoms with Crippen LogP contribution in [-0.4, -0.2) is 43.3 Å². The highest BCUT2D eigenvalue weighted by molar-refractivity contribution is 7.99. The van der Waals surface area contributed by atoms with Crippen LogP contribution >= 0.6 is 11.8 Å². The van der Waals surface area contributed by atoms with Crippen molar-refractivity contribution in [2.45, 2.75) is 34.8 Å². The van der Waals surface area contributed by atoms with Crippen LogP contribution in [-0.2, 0) is 9.84 Å². The van der Waals surface area contributed by atoms with Gasteiger partial charge in [0, 0.05) is 18.0 Å². The van der Waals surface area contributed by atoms with E-state index < -0.39 is 15.1 Å². The number of carbonyl (C=O) groups is 1. The van der Waals surface area contributed by atoms with Gasteiger partial charge in [0.1, 0.15) is 0 Å². The summed E-state index contributed by atoms with van der Waals surface area (Å²) < 4.78 is 25.5. The van der Waals surface area contributed by atoms with E-state index in [0.717, 1.165) is 10.6 Å². The lowest BCUT2D eigenvalue weighted by Gasteiger charge is -2.32. The Labute approximate surface area is 159 Å². The van der Waals surface area contributed by atoms with Crippen LogP contribution in [0.2, 0.25) is 0 Å². The second kappa shape index (κ2) is 8.27. The van der Waals surface area contributed by atoms with Crippen molar-refractivity contribution in [1.82, 2.24) is 4.90 Å². The highest BCUT2D eigenvalue weighted by Crippen LogP contribution is 2.27. The van der Waals surface area contributed by atoms with Crippen LogP contribution in [0.3, 0.4) is 0 Å². The maximum absolute atomic E-state index is 12.9. The van der Waals surface area contributed by atoms with Gasteiger partial charge in [-0.3, -0.25) is 4.79 Å². The molecule has 1 aliphatic rings. The Morgan fingerprint density at radius 3 is 2.31 bits per heavy atom. The minimum Gasteiger partial charge on any atom is -0.339 e. The van der Waals surface area contributed by atoms with Gasteiger partial charge in [-0.25, -0.2) is 8.42 Å². The third kappa shape index (κ3) is 3.96. The van der Waals surface area contributed by atoms with Crippen LogP contribution in [0.4, 0.5) is 0 Å². The minimum absolute atomic E-state index is 0.00268. The number of piperidine rings is 1. The molecule has 0 bridgehead atoms. The number of carbonyl (C=O) groups excluding carboxylic acids is 1. The molecule has 1 heterocycles. The zero-order chi connectivity index (χ0) is 18.6. The van der Waals surface area contributed by atoms with Crippen molar-refractivity contribution in [2.75, 3.05) is 18.8 Å². The molecular weight excluding hydrogens is 366 g/mol. The van der Waals surface area contributed by atoms with E-state index in [-0.39, 0.29) is 5.91 Å². The molecular formula is C20H23NO3S2.